The van der Waals surface area contributed by atoms with Crippen LogP contribution in [0.3, 0.4) is 0 Å². The lowest BCUT2D eigenvalue weighted by molar-refractivity contribution is -0.149. The van der Waals surface area contributed by atoms with Crippen molar-refractivity contribution >= 4 is 45.7 Å². The van der Waals surface area contributed by atoms with E-state index in [9.17, 15) is 14.4 Å². The first-order valence-corrected chi connectivity index (χ1v) is 9.71. The zero-order chi connectivity index (χ0) is 14.3. The first-order valence-electron chi connectivity index (χ1n) is 5.60. The van der Waals surface area contributed by atoms with Crippen molar-refractivity contribution in [3.05, 3.63) is 0 Å². The van der Waals surface area contributed by atoms with Crippen molar-refractivity contribution < 1.29 is 24.2 Å². The number of carboxylic acid groups (broad SMARTS) is 1. The SMILES string of the molecule is CCC(CC(C(=O)PI)C(C)C(=O)O)C(=O)OC. The second-order valence-corrected chi connectivity index (χ2v) is 6.36. The number of hydrogen-bond donors (Lipinski definition) is 1. The Balaban J connectivity index is 4.93. The summed E-state index contributed by atoms with van der Waals surface area (Å²) < 4.78 is 4.66. The highest BCUT2D eigenvalue weighted by Gasteiger charge is 2.33. The third-order valence-corrected chi connectivity index (χ3v) is 5.14. The highest BCUT2D eigenvalue weighted by molar-refractivity contribution is 14.2. The van der Waals surface area contributed by atoms with E-state index >= 15 is 0 Å². The van der Waals surface area contributed by atoms with Crippen LogP contribution in [0.4, 0.5) is 0 Å². The zero-order valence-electron chi connectivity index (χ0n) is 10.6. The van der Waals surface area contributed by atoms with Gasteiger partial charge in [-0.25, -0.2) is 0 Å². The molecule has 0 aliphatic heterocycles. The van der Waals surface area contributed by atoms with Gasteiger partial charge in [0.2, 0.25) is 0 Å². The van der Waals surface area contributed by atoms with Crippen LogP contribution >= 0.6 is 28.3 Å². The summed E-state index contributed by atoms with van der Waals surface area (Å²) in [6.45, 7) is 3.33. The molecule has 18 heavy (non-hydrogen) atoms. The van der Waals surface area contributed by atoms with Gasteiger partial charge >= 0.3 is 11.9 Å². The lowest BCUT2D eigenvalue weighted by atomic mass is 9.85. The van der Waals surface area contributed by atoms with Gasteiger partial charge in [0.25, 0.3) is 0 Å². The standard InChI is InChI=1S/C11H18IO5P/c1-4-7(10(15)17-3)5-8(11(16)18-12)6(2)9(13)14/h6-8,18H,4-5H2,1-3H3,(H,13,14). The molecule has 0 heterocycles. The maximum atomic E-state index is 11.8. The molecule has 0 rings (SSSR count). The van der Waals surface area contributed by atoms with Crippen molar-refractivity contribution in [3.63, 3.8) is 0 Å². The van der Waals surface area contributed by atoms with E-state index in [1.165, 1.54) is 14.0 Å². The van der Waals surface area contributed by atoms with E-state index in [1.807, 2.05) is 29.0 Å². The first kappa shape index (κ1) is 17.8. The average Bonchev–Trinajstić information content (AvgIpc) is 2.37. The van der Waals surface area contributed by atoms with Crippen LogP contribution in [0.25, 0.3) is 0 Å². The summed E-state index contributed by atoms with van der Waals surface area (Å²) >= 11 is 1.94. The van der Waals surface area contributed by atoms with Gasteiger partial charge in [-0.15, -0.1) is 0 Å². The van der Waals surface area contributed by atoms with Crippen molar-refractivity contribution in [1.82, 2.24) is 0 Å². The molecule has 0 bridgehead atoms. The molecular weight excluding hydrogens is 370 g/mol. The molecule has 0 amide bonds. The van der Waals surface area contributed by atoms with E-state index in [-0.39, 0.29) is 24.1 Å². The van der Waals surface area contributed by atoms with Gasteiger partial charge in [-0.05, 0) is 34.9 Å². The molecule has 0 aromatic rings. The van der Waals surface area contributed by atoms with E-state index < -0.39 is 23.7 Å². The topological polar surface area (TPSA) is 80.7 Å². The molecule has 0 radical (unpaired) electrons. The monoisotopic (exact) mass is 388 g/mol. The number of carbonyl (C=O) groups is 3. The highest BCUT2D eigenvalue weighted by Crippen LogP contribution is 2.34. The Labute approximate surface area is 121 Å². The predicted molar refractivity (Wildman–Crippen MR) is 78.0 cm³/mol. The number of esters is 1. The van der Waals surface area contributed by atoms with E-state index in [0.717, 1.165) is 0 Å². The number of methoxy groups -OCH3 is 1. The predicted octanol–water partition coefficient (Wildman–Crippen LogP) is 2.47. The largest absolute Gasteiger partial charge is 0.481 e. The van der Waals surface area contributed by atoms with Crippen LogP contribution in [-0.4, -0.2) is 29.7 Å². The van der Waals surface area contributed by atoms with Gasteiger partial charge in [0, 0.05) is 12.1 Å². The molecule has 0 aromatic carbocycles. The molecular formula is C11H18IO5P. The maximum Gasteiger partial charge on any atom is 0.308 e. The Morgan fingerprint density at radius 3 is 2.28 bits per heavy atom. The Morgan fingerprint density at radius 1 is 1.39 bits per heavy atom. The summed E-state index contributed by atoms with van der Waals surface area (Å²) in [6.07, 6.45) is 0.785. The summed E-state index contributed by atoms with van der Waals surface area (Å²) in [4.78, 5) is 34.3. The van der Waals surface area contributed by atoms with Gasteiger partial charge in [0.1, 0.15) is 0 Å². The second-order valence-electron chi connectivity index (χ2n) is 4.06. The van der Waals surface area contributed by atoms with Crippen LogP contribution in [0.15, 0.2) is 0 Å². The van der Waals surface area contributed by atoms with Crippen LogP contribution in [-0.2, 0) is 19.1 Å². The molecule has 4 unspecified atom stereocenters. The van der Waals surface area contributed by atoms with Crippen molar-refractivity contribution in [2.24, 2.45) is 17.8 Å². The lowest BCUT2D eigenvalue weighted by Gasteiger charge is -2.22. The summed E-state index contributed by atoms with van der Waals surface area (Å²) in [5.41, 5.74) is -0.104. The fourth-order valence-electron chi connectivity index (χ4n) is 1.68. The van der Waals surface area contributed by atoms with Crippen LogP contribution in [0.2, 0.25) is 0 Å². The molecule has 4 atom stereocenters. The zero-order valence-corrected chi connectivity index (χ0v) is 13.8. The third-order valence-electron chi connectivity index (χ3n) is 2.99. The molecule has 0 aliphatic rings. The van der Waals surface area contributed by atoms with Gasteiger partial charge in [0.05, 0.1) is 18.9 Å². The first-order chi connectivity index (χ1) is 8.38. The van der Waals surface area contributed by atoms with Gasteiger partial charge in [-0.1, -0.05) is 13.8 Å². The third kappa shape index (κ3) is 5.18. The molecule has 0 spiro atoms. The van der Waals surface area contributed by atoms with Crippen LogP contribution in [0.1, 0.15) is 26.7 Å². The quantitative estimate of drug-likeness (QED) is 0.393. The minimum Gasteiger partial charge on any atom is -0.481 e. The van der Waals surface area contributed by atoms with Crippen molar-refractivity contribution in [2.75, 3.05) is 7.11 Å². The molecule has 0 fully saturated rings. The van der Waals surface area contributed by atoms with Gasteiger partial charge < -0.3 is 9.84 Å². The molecule has 104 valence electrons. The summed E-state index contributed by atoms with van der Waals surface area (Å²) in [6, 6.07) is 0. The maximum absolute atomic E-state index is 11.8. The second kappa shape index (κ2) is 8.80. The number of carbonyl (C=O) groups excluding carboxylic acids is 2. The minimum atomic E-state index is -1.01. The van der Waals surface area contributed by atoms with Gasteiger partial charge in [0.15, 0.2) is 5.52 Å². The Bertz CT molecular complexity index is 321. The van der Waals surface area contributed by atoms with Crippen LogP contribution < -0.4 is 0 Å². The Hall–Kier alpha value is -0.230. The lowest BCUT2D eigenvalue weighted by Crippen LogP contribution is -2.30. The number of aliphatic carboxylic acids is 1. The van der Waals surface area contributed by atoms with Gasteiger partial charge in [-0.2, -0.15) is 0 Å². The fraction of sp³-hybridized carbons (Fsp3) is 0.727. The summed E-state index contributed by atoms with van der Waals surface area (Å²) in [7, 11) is 1.29. The minimum absolute atomic E-state index is 0.00821. The molecule has 5 nitrogen and oxygen atoms in total. The molecule has 7 heteroatoms. The van der Waals surface area contributed by atoms with Gasteiger partial charge in [-0.3, -0.25) is 14.4 Å². The van der Waals surface area contributed by atoms with Crippen molar-refractivity contribution in [3.8, 4) is 0 Å². The van der Waals surface area contributed by atoms with Crippen molar-refractivity contribution in [2.45, 2.75) is 26.7 Å². The smallest absolute Gasteiger partial charge is 0.308 e. The van der Waals surface area contributed by atoms with Crippen molar-refractivity contribution in [1.29, 1.82) is 0 Å². The number of ether oxygens (including phenoxy) is 1. The number of hydrogen-bond acceptors (Lipinski definition) is 4. The van der Waals surface area contributed by atoms with E-state index in [1.54, 1.807) is 0 Å². The molecule has 0 saturated heterocycles. The van der Waals surface area contributed by atoms with Crippen LogP contribution in [0.5, 0.6) is 0 Å². The molecule has 1 N–H and O–H groups in total. The molecule has 0 saturated carbocycles. The van der Waals surface area contributed by atoms with Crippen LogP contribution in [0, 0.1) is 17.8 Å². The molecule has 0 aromatic heterocycles. The normalized spacial score (nSPS) is 16.2. The summed E-state index contributed by atoms with van der Waals surface area (Å²) in [5.74, 6) is -3.22. The van der Waals surface area contributed by atoms with E-state index in [0.29, 0.717) is 6.42 Å². The average molecular weight is 388 g/mol. The Morgan fingerprint density at radius 2 is 1.94 bits per heavy atom. The van der Waals surface area contributed by atoms with E-state index in [4.69, 9.17) is 5.11 Å². The number of carboxylic acids is 1. The van der Waals surface area contributed by atoms with E-state index in [2.05, 4.69) is 4.74 Å². The Kier molecular flexibility index (Phi) is 8.69. The fourth-order valence-corrected chi connectivity index (χ4v) is 3.39. The molecule has 0 aliphatic carbocycles. The summed E-state index contributed by atoms with van der Waals surface area (Å²) in [5, 5.41) is 9.01. The highest BCUT2D eigenvalue weighted by atomic mass is 127. The number of rotatable bonds is 8. The number of halogens is 1.